The highest BCUT2D eigenvalue weighted by molar-refractivity contribution is 5.85. The summed E-state index contributed by atoms with van der Waals surface area (Å²) in [5.41, 5.74) is 2.31. The van der Waals surface area contributed by atoms with Crippen molar-refractivity contribution in [3.05, 3.63) is 54.9 Å². The largest absolute Gasteiger partial charge is 0.344 e. The van der Waals surface area contributed by atoms with Gasteiger partial charge in [-0.1, -0.05) is 6.07 Å². The molecule has 3 heterocycles. The van der Waals surface area contributed by atoms with Crippen molar-refractivity contribution in [1.82, 2.24) is 25.3 Å². The first-order chi connectivity index (χ1) is 8.42. The third-order valence-electron chi connectivity index (χ3n) is 2.83. The summed E-state index contributed by atoms with van der Waals surface area (Å²) in [7, 11) is 0. The molecule has 7 heteroatoms. The first kappa shape index (κ1) is 18.4. The molecule has 0 aromatic carbocycles. The second-order valence-corrected chi connectivity index (χ2v) is 4.11. The molecule has 0 unspecified atom stereocenters. The van der Waals surface area contributed by atoms with Crippen LogP contribution in [0.1, 0.15) is 12.1 Å². The van der Waals surface area contributed by atoms with Crippen LogP contribution in [-0.4, -0.2) is 19.2 Å². The van der Waals surface area contributed by atoms with Crippen molar-refractivity contribution in [2.24, 2.45) is 0 Å². The molecule has 0 saturated heterocycles. The van der Waals surface area contributed by atoms with Gasteiger partial charge < -0.3 is 10.7 Å². The molecule has 0 spiro atoms. The van der Waals surface area contributed by atoms with E-state index >= 15 is 0 Å². The Morgan fingerprint density at radius 1 is 1.10 bits per heavy atom. The molecule has 0 fully saturated rings. The number of fused-ring (bicyclic) bond motifs is 1. The van der Waals surface area contributed by atoms with Crippen molar-refractivity contribution in [3.8, 4) is 0 Å². The lowest BCUT2D eigenvalue weighted by molar-refractivity contribution is 0.633. The number of imidazole rings is 1. The average Bonchev–Trinajstić information content (AvgIpc) is 2.96. The van der Waals surface area contributed by atoms with Crippen LogP contribution >= 0.6 is 24.8 Å². The zero-order valence-electron chi connectivity index (χ0n) is 11.1. The normalized spacial score (nSPS) is 9.40. The number of hydrogen-bond acceptors (Lipinski definition) is 3. The molecule has 0 saturated carbocycles. The number of pyridine rings is 1. The summed E-state index contributed by atoms with van der Waals surface area (Å²) in [6.07, 6.45) is 9.72. The molecule has 3 aromatic rings. The monoisotopic (exact) mass is 315 g/mol. The minimum Gasteiger partial charge on any atom is -0.344 e. The van der Waals surface area contributed by atoms with Crippen LogP contribution in [0.15, 0.2) is 49.2 Å². The van der Waals surface area contributed by atoms with Gasteiger partial charge in [-0.25, -0.2) is 9.50 Å². The van der Waals surface area contributed by atoms with Gasteiger partial charge in [-0.3, -0.25) is 0 Å². The predicted molar refractivity (Wildman–Crippen MR) is 85.3 cm³/mol. The van der Waals surface area contributed by atoms with Gasteiger partial charge in [-0.2, -0.15) is 5.10 Å². The van der Waals surface area contributed by atoms with Crippen LogP contribution in [0.3, 0.4) is 0 Å². The van der Waals surface area contributed by atoms with Gasteiger partial charge in [0.2, 0.25) is 0 Å². The van der Waals surface area contributed by atoms with E-state index in [0.29, 0.717) is 0 Å². The zero-order valence-corrected chi connectivity index (χ0v) is 12.7. The molecule has 0 radical (unpaired) electrons. The lowest BCUT2D eigenvalue weighted by Crippen LogP contribution is -1.97. The van der Waals surface area contributed by atoms with Gasteiger partial charge in [0.05, 0.1) is 17.5 Å². The summed E-state index contributed by atoms with van der Waals surface area (Å²) >= 11 is 0. The SMILES string of the molecule is Cl.Cl.N.c1ccn2nc(CCCn3ccnc3)cc2c1. The van der Waals surface area contributed by atoms with Crippen LogP contribution in [0.5, 0.6) is 0 Å². The second kappa shape index (κ2) is 8.58. The predicted octanol–water partition coefficient (Wildman–Crippen LogP) is 3.17. The van der Waals surface area contributed by atoms with Gasteiger partial charge in [0.1, 0.15) is 0 Å². The Morgan fingerprint density at radius 3 is 2.65 bits per heavy atom. The molecule has 110 valence electrons. The lowest BCUT2D eigenvalue weighted by Gasteiger charge is -1.99. The van der Waals surface area contributed by atoms with Crippen LogP contribution in [-0.2, 0) is 13.0 Å². The van der Waals surface area contributed by atoms with Gasteiger partial charge in [0.15, 0.2) is 0 Å². The Hall–Kier alpha value is -1.56. The van der Waals surface area contributed by atoms with Crippen molar-refractivity contribution < 1.29 is 0 Å². The van der Waals surface area contributed by atoms with Crippen molar-refractivity contribution >= 4 is 30.3 Å². The lowest BCUT2D eigenvalue weighted by atomic mass is 10.2. The van der Waals surface area contributed by atoms with E-state index in [2.05, 4.69) is 26.8 Å². The van der Waals surface area contributed by atoms with Crippen LogP contribution in [0.4, 0.5) is 0 Å². The van der Waals surface area contributed by atoms with E-state index < -0.39 is 0 Å². The molecular weight excluding hydrogens is 297 g/mol. The fourth-order valence-corrected chi connectivity index (χ4v) is 1.97. The number of aromatic nitrogens is 4. The van der Waals surface area contributed by atoms with Crippen LogP contribution in [0.2, 0.25) is 0 Å². The second-order valence-electron chi connectivity index (χ2n) is 4.11. The summed E-state index contributed by atoms with van der Waals surface area (Å²) in [6, 6.07) is 8.25. The maximum atomic E-state index is 4.52. The summed E-state index contributed by atoms with van der Waals surface area (Å²) in [6.45, 7) is 0.994. The highest BCUT2D eigenvalue weighted by Crippen LogP contribution is 2.08. The molecule has 0 aliphatic carbocycles. The molecule has 20 heavy (non-hydrogen) atoms. The molecule has 0 amide bonds. The number of nitrogens with zero attached hydrogens (tertiary/aromatic N) is 4. The quantitative estimate of drug-likeness (QED) is 0.803. The summed E-state index contributed by atoms with van der Waals surface area (Å²) in [5.74, 6) is 0. The standard InChI is InChI=1S/C13H14N4.2ClH.H3N/c1-2-8-17-13(5-1)10-12(15-17)4-3-7-16-9-6-14-11-16;;;/h1-2,5-6,8-11H,3-4,7H2;2*1H;1H3. The molecule has 0 atom stereocenters. The first-order valence-corrected chi connectivity index (χ1v) is 5.81. The fourth-order valence-electron chi connectivity index (χ4n) is 1.97. The third-order valence-corrected chi connectivity index (χ3v) is 2.83. The van der Waals surface area contributed by atoms with Gasteiger partial charge >= 0.3 is 0 Å². The molecule has 3 N–H and O–H groups in total. The average molecular weight is 316 g/mol. The first-order valence-electron chi connectivity index (χ1n) is 5.81. The molecule has 0 aliphatic rings. The topological polar surface area (TPSA) is 70.1 Å². The van der Waals surface area contributed by atoms with E-state index in [1.807, 2.05) is 41.6 Å². The van der Waals surface area contributed by atoms with Gasteiger partial charge in [0.25, 0.3) is 0 Å². The fraction of sp³-hybridized carbons (Fsp3) is 0.231. The molecule has 0 aliphatic heterocycles. The van der Waals surface area contributed by atoms with Crippen LogP contribution in [0, 0.1) is 0 Å². The van der Waals surface area contributed by atoms with Gasteiger partial charge in [-0.05, 0) is 31.0 Å². The van der Waals surface area contributed by atoms with E-state index in [0.717, 1.165) is 30.6 Å². The summed E-state index contributed by atoms with van der Waals surface area (Å²) in [4.78, 5) is 4.03. The maximum Gasteiger partial charge on any atom is 0.0945 e. The van der Waals surface area contributed by atoms with E-state index in [4.69, 9.17) is 0 Å². The summed E-state index contributed by atoms with van der Waals surface area (Å²) < 4.78 is 4.02. The number of hydrogen-bond donors (Lipinski definition) is 1. The van der Waals surface area contributed by atoms with Crippen LogP contribution in [0.25, 0.3) is 5.52 Å². The Labute approximate surface area is 130 Å². The van der Waals surface area contributed by atoms with Gasteiger partial charge in [-0.15, -0.1) is 24.8 Å². The van der Waals surface area contributed by atoms with E-state index in [1.165, 1.54) is 0 Å². The number of rotatable bonds is 4. The highest BCUT2D eigenvalue weighted by Gasteiger charge is 2.00. The Bertz CT molecular complexity index is 573. The Morgan fingerprint density at radius 2 is 1.95 bits per heavy atom. The minimum atomic E-state index is 0. The van der Waals surface area contributed by atoms with E-state index in [9.17, 15) is 0 Å². The number of halogens is 2. The van der Waals surface area contributed by atoms with E-state index in [-0.39, 0.29) is 31.0 Å². The molecule has 0 bridgehead atoms. The minimum absolute atomic E-state index is 0. The molecule has 3 aromatic heterocycles. The number of aryl methyl sites for hydroxylation is 2. The molecule has 3 rings (SSSR count). The summed E-state index contributed by atoms with van der Waals surface area (Å²) in [5, 5.41) is 4.52. The van der Waals surface area contributed by atoms with E-state index in [1.54, 1.807) is 0 Å². The van der Waals surface area contributed by atoms with Crippen molar-refractivity contribution in [3.63, 3.8) is 0 Å². The van der Waals surface area contributed by atoms with Crippen molar-refractivity contribution in [2.75, 3.05) is 0 Å². The van der Waals surface area contributed by atoms with Crippen molar-refractivity contribution in [2.45, 2.75) is 19.4 Å². The molecular formula is C13H19Cl2N5. The highest BCUT2D eigenvalue weighted by atomic mass is 35.5. The van der Waals surface area contributed by atoms with Crippen LogP contribution < -0.4 is 6.15 Å². The van der Waals surface area contributed by atoms with Crippen molar-refractivity contribution in [1.29, 1.82) is 0 Å². The zero-order chi connectivity index (χ0) is 11.5. The molecule has 5 nitrogen and oxygen atoms in total. The maximum absolute atomic E-state index is 4.52. The third kappa shape index (κ3) is 4.23. The smallest absolute Gasteiger partial charge is 0.0945 e. The Balaban J connectivity index is 0.00000120. The Kier molecular flexibility index (Phi) is 7.91. The van der Waals surface area contributed by atoms with Gasteiger partial charge in [0, 0.05) is 25.1 Å².